The molecule has 0 aliphatic carbocycles. The monoisotopic (exact) mass is 392 g/mol. The summed E-state index contributed by atoms with van der Waals surface area (Å²) in [5.41, 5.74) is 4.13. The van der Waals surface area contributed by atoms with Crippen molar-refractivity contribution in [3.05, 3.63) is 58.7 Å². The fraction of sp³-hybridized carbons (Fsp3) is 0.455. The predicted molar refractivity (Wildman–Crippen MR) is 112 cm³/mol. The summed E-state index contributed by atoms with van der Waals surface area (Å²) in [5, 5.41) is 7.18. The minimum atomic E-state index is -0.293. The van der Waals surface area contributed by atoms with Gasteiger partial charge < -0.3 is 5.32 Å². The van der Waals surface area contributed by atoms with Crippen LogP contribution in [0.2, 0.25) is 0 Å². The molecule has 1 aliphatic rings. The van der Waals surface area contributed by atoms with E-state index in [1.807, 2.05) is 19.9 Å². The summed E-state index contributed by atoms with van der Waals surface area (Å²) in [6.07, 6.45) is 2.58. The van der Waals surface area contributed by atoms with Crippen molar-refractivity contribution >= 4 is 11.7 Å². The number of likely N-dealkylation sites (tertiary alicyclic amines) is 1. The highest BCUT2D eigenvalue weighted by Gasteiger charge is 2.16. The maximum Gasteiger partial charge on any atom is 0.291 e. The summed E-state index contributed by atoms with van der Waals surface area (Å²) in [5.74, 6) is 1.15. The third-order valence-corrected chi connectivity index (χ3v) is 5.58. The molecule has 0 spiro atoms. The van der Waals surface area contributed by atoms with Gasteiger partial charge in [-0.05, 0) is 62.9 Å². The van der Waals surface area contributed by atoms with Crippen LogP contribution in [-0.4, -0.2) is 43.5 Å². The molecular weight excluding hydrogens is 364 g/mol. The van der Waals surface area contributed by atoms with Crippen LogP contribution >= 0.6 is 0 Å². The number of carbonyl (C=O) groups excluding carboxylic acids is 1. The molecule has 152 valence electrons. The zero-order valence-electron chi connectivity index (χ0n) is 17.4. The largest absolute Gasteiger partial charge is 0.345 e. The van der Waals surface area contributed by atoms with Gasteiger partial charge in [0.25, 0.3) is 11.7 Å². The Hall–Kier alpha value is -2.80. The molecule has 0 bridgehead atoms. The van der Waals surface area contributed by atoms with Crippen molar-refractivity contribution < 1.29 is 4.79 Å². The quantitative estimate of drug-likeness (QED) is 0.723. The lowest BCUT2D eigenvalue weighted by atomic mass is 9.99. The highest BCUT2D eigenvalue weighted by atomic mass is 16.2. The van der Waals surface area contributed by atoms with Crippen LogP contribution < -0.4 is 5.32 Å². The van der Waals surface area contributed by atoms with Gasteiger partial charge in [-0.15, -0.1) is 5.10 Å². The number of benzene rings is 1. The Morgan fingerprint density at radius 3 is 2.52 bits per heavy atom. The van der Waals surface area contributed by atoms with Gasteiger partial charge in [-0.3, -0.25) is 9.69 Å². The fourth-order valence-corrected chi connectivity index (χ4v) is 3.76. The number of hydrogen-bond donors (Lipinski definition) is 1. The van der Waals surface area contributed by atoms with Gasteiger partial charge in [0.15, 0.2) is 0 Å². The number of nitrogens with one attached hydrogen (secondary N) is 1. The van der Waals surface area contributed by atoms with E-state index in [0.29, 0.717) is 12.3 Å². The van der Waals surface area contributed by atoms with E-state index in [4.69, 9.17) is 0 Å². The first-order valence-corrected chi connectivity index (χ1v) is 10.3. The first kappa shape index (κ1) is 19.5. The lowest BCUT2D eigenvalue weighted by Gasteiger charge is -2.30. The number of piperidine rings is 1. The van der Waals surface area contributed by atoms with E-state index in [0.717, 1.165) is 29.4 Å². The molecule has 0 unspecified atom stereocenters. The minimum absolute atomic E-state index is 0.141. The number of aryl methyl sites for hydroxylation is 2. The zero-order chi connectivity index (χ0) is 20.4. The zero-order valence-corrected chi connectivity index (χ0v) is 17.4. The lowest BCUT2D eigenvalue weighted by Crippen LogP contribution is -2.32. The van der Waals surface area contributed by atoms with E-state index >= 15 is 0 Å². The molecule has 1 amide bonds. The first-order valence-electron chi connectivity index (χ1n) is 10.3. The van der Waals surface area contributed by atoms with E-state index in [9.17, 15) is 4.79 Å². The smallest absolute Gasteiger partial charge is 0.291 e. The number of fused-ring (bicyclic) bond motifs is 1. The van der Waals surface area contributed by atoms with Gasteiger partial charge in [0.2, 0.25) is 5.82 Å². The van der Waals surface area contributed by atoms with Crippen LogP contribution in [0.5, 0.6) is 0 Å². The third-order valence-electron chi connectivity index (χ3n) is 5.58. The summed E-state index contributed by atoms with van der Waals surface area (Å²) in [6.45, 7) is 9.96. The predicted octanol–water partition coefficient (Wildman–Crippen LogP) is 2.90. The molecule has 3 heterocycles. The van der Waals surface area contributed by atoms with Crippen LogP contribution in [0.1, 0.15) is 52.9 Å². The summed E-state index contributed by atoms with van der Waals surface area (Å²) in [4.78, 5) is 23.6. The van der Waals surface area contributed by atoms with E-state index < -0.39 is 0 Å². The van der Waals surface area contributed by atoms with Crippen LogP contribution in [0.15, 0.2) is 30.3 Å². The van der Waals surface area contributed by atoms with Gasteiger partial charge in [0.05, 0.1) is 0 Å². The summed E-state index contributed by atoms with van der Waals surface area (Å²) < 4.78 is 1.60. The maximum atomic E-state index is 12.5. The molecule has 2 aromatic heterocycles. The second-order valence-electron chi connectivity index (χ2n) is 8.14. The molecule has 7 nitrogen and oxygen atoms in total. The summed E-state index contributed by atoms with van der Waals surface area (Å²) in [7, 11) is 0. The van der Waals surface area contributed by atoms with Gasteiger partial charge in [-0.25, -0.2) is 9.50 Å². The van der Waals surface area contributed by atoms with Crippen LogP contribution in [-0.2, 0) is 13.1 Å². The minimum Gasteiger partial charge on any atom is -0.345 e. The Morgan fingerprint density at radius 1 is 1.10 bits per heavy atom. The molecule has 0 radical (unpaired) electrons. The van der Waals surface area contributed by atoms with Crippen LogP contribution in [0.25, 0.3) is 5.78 Å². The Labute approximate surface area is 171 Å². The molecule has 3 aromatic rings. The highest BCUT2D eigenvalue weighted by Crippen LogP contribution is 2.18. The third kappa shape index (κ3) is 4.62. The molecule has 4 rings (SSSR count). The number of aromatic nitrogens is 4. The molecule has 1 fully saturated rings. The van der Waals surface area contributed by atoms with E-state index in [1.54, 1.807) is 4.52 Å². The van der Waals surface area contributed by atoms with Crippen molar-refractivity contribution in [2.24, 2.45) is 5.92 Å². The Kier molecular flexibility index (Phi) is 5.58. The normalized spacial score (nSPS) is 15.7. The molecule has 7 heteroatoms. The Balaban J connectivity index is 1.34. The molecule has 1 N–H and O–H groups in total. The van der Waals surface area contributed by atoms with Crippen LogP contribution in [0.4, 0.5) is 0 Å². The van der Waals surface area contributed by atoms with Crippen molar-refractivity contribution in [1.29, 1.82) is 0 Å². The van der Waals surface area contributed by atoms with Gasteiger partial charge in [-0.1, -0.05) is 31.2 Å². The Bertz CT molecular complexity index is 1000. The van der Waals surface area contributed by atoms with Crippen molar-refractivity contribution in [1.82, 2.24) is 29.8 Å². The lowest BCUT2D eigenvalue weighted by molar-refractivity contribution is 0.0940. The van der Waals surface area contributed by atoms with Crippen molar-refractivity contribution in [3.8, 4) is 0 Å². The number of hydrogen-bond acceptors (Lipinski definition) is 5. The molecule has 1 aromatic carbocycles. The van der Waals surface area contributed by atoms with E-state index in [2.05, 4.69) is 56.5 Å². The first-order chi connectivity index (χ1) is 14.0. The van der Waals surface area contributed by atoms with Crippen LogP contribution in [0.3, 0.4) is 0 Å². The number of carbonyl (C=O) groups is 1. The fourth-order valence-electron chi connectivity index (χ4n) is 3.76. The maximum absolute atomic E-state index is 12.5. The summed E-state index contributed by atoms with van der Waals surface area (Å²) in [6, 6.07) is 10.4. The molecule has 1 saturated heterocycles. The van der Waals surface area contributed by atoms with E-state index in [-0.39, 0.29) is 11.7 Å². The SMILES string of the molecule is Cc1cc(C)n2nc(C(=O)NCc3ccc(CN4CCC(C)CC4)cc3)nc2n1. The molecule has 0 atom stereocenters. The number of amides is 1. The topological polar surface area (TPSA) is 75.4 Å². The number of rotatable bonds is 5. The van der Waals surface area contributed by atoms with Gasteiger partial charge in [0.1, 0.15) is 0 Å². The molecule has 0 saturated carbocycles. The highest BCUT2D eigenvalue weighted by molar-refractivity contribution is 5.90. The second-order valence-corrected chi connectivity index (χ2v) is 8.14. The summed E-state index contributed by atoms with van der Waals surface area (Å²) >= 11 is 0. The average molecular weight is 393 g/mol. The van der Waals surface area contributed by atoms with Crippen molar-refractivity contribution in [2.75, 3.05) is 13.1 Å². The van der Waals surface area contributed by atoms with Crippen molar-refractivity contribution in [3.63, 3.8) is 0 Å². The average Bonchev–Trinajstić information content (AvgIpc) is 3.13. The van der Waals surface area contributed by atoms with Gasteiger partial charge in [0, 0.05) is 24.5 Å². The Morgan fingerprint density at radius 2 is 1.79 bits per heavy atom. The van der Waals surface area contributed by atoms with Gasteiger partial charge in [-0.2, -0.15) is 4.98 Å². The van der Waals surface area contributed by atoms with E-state index in [1.165, 1.54) is 31.5 Å². The van der Waals surface area contributed by atoms with Gasteiger partial charge >= 0.3 is 0 Å². The standard InChI is InChI=1S/C22H28N6O/c1-15-8-10-27(11-9-15)14-19-6-4-18(5-7-19)13-23-21(29)20-25-22-24-16(2)12-17(3)28(22)26-20/h4-7,12,15H,8-11,13-14H2,1-3H3,(H,23,29). The molecular formula is C22H28N6O. The van der Waals surface area contributed by atoms with Crippen molar-refractivity contribution in [2.45, 2.75) is 46.7 Å². The number of nitrogens with zero attached hydrogens (tertiary/aromatic N) is 5. The van der Waals surface area contributed by atoms with Crippen LogP contribution in [0, 0.1) is 19.8 Å². The molecule has 1 aliphatic heterocycles. The second kappa shape index (κ2) is 8.29. The molecule has 29 heavy (non-hydrogen) atoms.